The highest BCUT2D eigenvalue weighted by Gasteiger charge is 2.23. The van der Waals surface area contributed by atoms with Gasteiger partial charge in [0, 0.05) is 26.7 Å². The maximum Gasteiger partial charge on any atom is 0.332 e. The van der Waals surface area contributed by atoms with Gasteiger partial charge in [0.25, 0.3) is 5.56 Å². The molecule has 108 valence electrons. The molecule has 1 N–H and O–H groups in total. The second kappa shape index (κ2) is 4.50. The van der Waals surface area contributed by atoms with E-state index < -0.39 is 0 Å². The van der Waals surface area contributed by atoms with Crippen molar-refractivity contribution in [2.75, 3.05) is 11.4 Å². The first-order chi connectivity index (χ1) is 9.50. The van der Waals surface area contributed by atoms with Crippen LogP contribution in [0, 0.1) is 0 Å². The van der Waals surface area contributed by atoms with Gasteiger partial charge in [-0.1, -0.05) is 0 Å². The molecule has 0 aromatic carbocycles. The Morgan fingerprint density at radius 1 is 1.20 bits per heavy atom. The molecule has 1 fully saturated rings. The summed E-state index contributed by atoms with van der Waals surface area (Å²) < 4.78 is 2.51. The van der Waals surface area contributed by atoms with Crippen molar-refractivity contribution in [3.8, 4) is 0 Å². The van der Waals surface area contributed by atoms with E-state index >= 15 is 0 Å². The van der Waals surface area contributed by atoms with Crippen molar-refractivity contribution in [1.82, 2.24) is 19.1 Å². The van der Waals surface area contributed by atoms with Gasteiger partial charge in [-0.25, -0.2) is 4.79 Å². The Morgan fingerprint density at radius 3 is 2.65 bits per heavy atom. The van der Waals surface area contributed by atoms with E-state index in [1.807, 2.05) is 0 Å². The van der Waals surface area contributed by atoms with Crippen molar-refractivity contribution < 1.29 is 0 Å². The van der Waals surface area contributed by atoms with E-state index in [0.29, 0.717) is 23.2 Å². The van der Waals surface area contributed by atoms with Crippen LogP contribution in [0.2, 0.25) is 0 Å². The van der Waals surface area contributed by atoms with Crippen molar-refractivity contribution >= 4 is 17.1 Å². The van der Waals surface area contributed by atoms with E-state index in [-0.39, 0.29) is 11.2 Å². The molecule has 1 saturated heterocycles. The molecule has 1 atom stereocenters. The largest absolute Gasteiger partial charge is 0.340 e. The number of aromatic nitrogens is 4. The quantitative estimate of drug-likeness (QED) is 0.815. The zero-order chi connectivity index (χ0) is 14.4. The summed E-state index contributed by atoms with van der Waals surface area (Å²) in [6.07, 6.45) is 3.46. The molecule has 2 aromatic rings. The van der Waals surface area contributed by atoms with Crippen molar-refractivity contribution in [3.63, 3.8) is 0 Å². The molecule has 1 aliphatic heterocycles. The second-order valence-electron chi connectivity index (χ2n) is 5.50. The molecule has 1 unspecified atom stereocenters. The monoisotopic (exact) mass is 277 g/mol. The van der Waals surface area contributed by atoms with Crippen LogP contribution in [0.5, 0.6) is 0 Å². The Bertz CT molecular complexity index is 769. The zero-order valence-corrected chi connectivity index (χ0v) is 12.0. The minimum atomic E-state index is -0.354. The molecule has 3 rings (SSSR count). The molecule has 20 heavy (non-hydrogen) atoms. The number of fused-ring (bicyclic) bond motifs is 1. The molecule has 3 heterocycles. The molecule has 7 heteroatoms. The lowest BCUT2D eigenvalue weighted by Gasteiger charge is -2.32. The highest BCUT2D eigenvalue weighted by Crippen LogP contribution is 2.23. The van der Waals surface area contributed by atoms with Gasteiger partial charge in [0.05, 0.1) is 0 Å². The third kappa shape index (κ3) is 1.76. The van der Waals surface area contributed by atoms with E-state index in [4.69, 9.17) is 0 Å². The van der Waals surface area contributed by atoms with Crippen LogP contribution in [0.25, 0.3) is 11.2 Å². The molecule has 0 amide bonds. The van der Waals surface area contributed by atoms with Gasteiger partial charge < -0.3 is 9.88 Å². The number of hydrogen-bond acceptors (Lipinski definition) is 4. The van der Waals surface area contributed by atoms with Gasteiger partial charge in [-0.15, -0.1) is 0 Å². The summed E-state index contributed by atoms with van der Waals surface area (Å²) in [7, 11) is 3.11. The van der Waals surface area contributed by atoms with E-state index in [9.17, 15) is 9.59 Å². The van der Waals surface area contributed by atoms with Crippen LogP contribution >= 0.6 is 0 Å². The molecule has 0 bridgehead atoms. The van der Waals surface area contributed by atoms with Crippen molar-refractivity contribution in [1.29, 1.82) is 0 Å². The Labute approximate surface area is 115 Å². The molecule has 0 saturated carbocycles. The number of nitrogens with zero attached hydrogens (tertiary/aromatic N) is 4. The summed E-state index contributed by atoms with van der Waals surface area (Å²) in [5.41, 5.74) is 0.131. The van der Waals surface area contributed by atoms with Crippen LogP contribution in [-0.4, -0.2) is 31.7 Å². The molecular weight excluding hydrogens is 258 g/mol. The number of anilines is 1. The van der Waals surface area contributed by atoms with Gasteiger partial charge in [0.15, 0.2) is 11.2 Å². The third-order valence-corrected chi connectivity index (χ3v) is 4.16. The highest BCUT2D eigenvalue weighted by atomic mass is 16.2. The summed E-state index contributed by atoms with van der Waals surface area (Å²) in [6, 6.07) is 0.394. The van der Waals surface area contributed by atoms with Crippen LogP contribution in [0.3, 0.4) is 0 Å². The molecule has 0 radical (unpaired) electrons. The fourth-order valence-corrected chi connectivity index (χ4v) is 2.86. The summed E-state index contributed by atoms with van der Waals surface area (Å²) in [4.78, 5) is 33.8. The van der Waals surface area contributed by atoms with Crippen LogP contribution in [0.1, 0.15) is 26.2 Å². The molecule has 1 aliphatic rings. The molecule has 0 spiro atoms. The fourth-order valence-electron chi connectivity index (χ4n) is 2.86. The van der Waals surface area contributed by atoms with Crippen LogP contribution in [0.4, 0.5) is 5.95 Å². The van der Waals surface area contributed by atoms with Gasteiger partial charge in [-0.2, -0.15) is 4.98 Å². The Kier molecular flexibility index (Phi) is 2.92. The number of aryl methyl sites for hydroxylation is 1. The molecule has 2 aromatic heterocycles. The number of rotatable bonds is 1. The van der Waals surface area contributed by atoms with Crippen LogP contribution < -0.4 is 16.1 Å². The first-order valence-corrected chi connectivity index (χ1v) is 6.93. The van der Waals surface area contributed by atoms with Gasteiger partial charge in [-0.05, 0) is 26.2 Å². The summed E-state index contributed by atoms with van der Waals surface area (Å²) in [6.45, 7) is 3.08. The number of nitrogens with one attached hydrogen (secondary N) is 1. The average Bonchev–Trinajstić information content (AvgIpc) is 2.88. The Balaban J connectivity index is 2.21. The Morgan fingerprint density at radius 2 is 1.95 bits per heavy atom. The molecule has 7 nitrogen and oxygen atoms in total. The topological polar surface area (TPSA) is 75.9 Å². The number of hydrogen-bond donors (Lipinski definition) is 1. The van der Waals surface area contributed by atoms with E-state index in [1.54, 1.807) is 7.05 Å². The van der Waals surface area contributed by atoms with Crippen molar-refractivity contribution in [3.05, 3.63) is 20.8 Å². The van der Waals surface area contributed by atoms with Gasteiger partial charge in [0.1, 0.15) is 0 Å². The summed E-state index contributed by atoms with van der Waals surface area (Å²) in [5.74, 6) is 0.686. The smallest absolute Gasteiger partial charge is 0.332 e. The average molecular weight is 277 g/mol. The highest BCUT2D eigenvalue weighted by molar-refractivity contribution is 5.73. The fraction of sp³-hybridized carbons (Fsp3) is 0.615. The number of aromatic amines is 1. The van der Waals surface area contributed by atoms with Crippen molar-refractivity contribution in [2.45, 2.75) is 32.2 Å². The zero-order valence-electron chi connectivity index (χ0n) is 12.0. The van der Waals surface area contributed by atoms with Gasteiger partial charge in [-0.3, -0.25) is 13.9 Å². The lowest BCUT2D eigenvalue weighted by atomic mass is 10.0. The molecular formula is C13H19N5O2. The normalized spacial score (nSPS) is 19.8. The summed E-state index contributed by atoms with van der Waals surface area (Å²) >= 11 is 0. The minimum Gasteiger partial charge on any atom is -0.340 e. The maximum absolute atomic E-state index is 12.1. The SMILES string of the molecule is CC1CCCCN1c1nc2c([nH]1)c(=O)n(C)c(=O)n2C. The standard InChI is InChI=1S/C13H19N5O2/c1-8-6-4-5-7-18(8)12-14-9-10(15-12)16(2)13(20)17(3)11(9)19/h8H,4-7H2,1-3H3,(H,14,15). The lowest BCUT2D eigenvalue weighted by molar-refractivity contribution is 0.478. The lowest BCUT2D eigenvalue weighted by Crippen LogP contribution is -2.38. The number of imidazole rings is 1. The van der Waals surface area contributed by atoms with Gasteiger partial charge in [0.2, 0.25) is 5.95 Å². The van der Waals surface area contributed by atoms with E-state index in [1.165, 1.54) is 18.0 Å². The van der Waals surface area contributed by atoms with Gasteiger partial charge >= 0.3 is 5.69 Å². The predicted octanol–water partition coefficient (Wildman–Crippen LogP) is 0.339. The maximum atomic E-state index is 12.1. The first-order valence-electron chi connectivity index (χ1n) is 6.93. The van der Waals surface area contributed by atoms with E-state index in [0.717, 1.165) is 24.0 Å². The second-order valence-corrected chi connectivity index (χ2v) is 5.50. The summed E-state index contributed by atoms with van der Waals surface area (Å²) in [5, 5.41) is 0. The number of H-pyrrole nitrogens is 1. The Hall–Kier alpha value is -2.05. The van der Waals surface area contributed by atoms with E-state index in [2.05, 4.69) is 21.8 Å². The minimum absolute atomic E-state index is 0.327. The van der Waals surface area contributed by atoms with Crippen molar-refractivity contribution in [2.24, 2.45) is 14.1 Å². The molecule has 0 aliphatic carbocycles. The predicted molar refractivity (Wildman–Crippen MR) is 77.2 cm³/mol. The first kappa shape index (κ1) is 13.0. The van der Waals surface area contributed by atoms with Crippen LogP contribution in [0.15, 0.2) is 9.59 Å². The third-order valence-electron chi connectivity index (χ3n) is 4.16. The number of piperidine rings is 1. The van der Waals surface area contributed by atoms with Crippen LogP contribution in [-0.2, 0) is 14.1 Å².